The fraction of sp³-hybridized carbons (Fsp3) is 0.789. The molecular weight excluding hydrogens is 318 g/mol. The maximum absolute atomic E-state index is 12.4. The molecule has 0 unspecified atom stereocenters. The Bertz CT molecular complexity index is 578. The number of nitrogens with one attached hydrogen (secondary N) is 1. The first kappa shape index (κ1) is 18.2. The van der Waals surface area contributed by atoms with Crippen molar-refractivity contribution in [1.29, 1.82) is 0 Å². The van der Waals surface area contributed by atoms with Gasteiger partial charge >= 0.3 is 6.03 Å². The number of rotatable bonds is 6. The fourth-order valence-corrected chi connectivity index (χ4v) is 3.79. The lowest BCUT2D eigenvalue weighted by molar-refractivity contribution is 0.0101. The van der Waals surface area contributed by atoms with Crippen molar-refractivity contribution >= 4 is 6.03 Å². The monoisotopic (exact) mass is 349 g/mol. The third kappa shape index (κ3) is 4.17. The minimum absolute atomic E-state index is 0.0445. The fourth-order valence-electron chi connectivity index (χ4n) is 3.79. The summed E-state index contributed by atoms with van der Waals surface area (Å²) >= 11 is 0. The van der Waals surface area contributed by atoms with E-state index >= 15 is 0 Å². The van der Waals surface area contributed by atoms with E-state index in [0.717, 1.165) is 43.6 Å². The van der Waals surface area contributed by atoms with Gasteiger partial charge in [0.2, 0.25) is 0 Å². The van der Waals surface area contributed by atoms with Crippen LogP contribution in [0.5, 0.6) is 0 Å². The molecular formula is C19H31N3O3. The number of hydrogen-bond donors (Lipinski definition) is 1. The number of amides is 2. The Balaban J connectivity index is 1.49. The van der Waals surface area contributed by atoms with Gasteiger partial charge in [-0.05, 0) is 30.6 Å². The van der Waals surface area contributed by atoms with Crippen LogP contribution >= 0.6 is 0 Å². The molecule has 1 aromatic heterocycles. The Labute approximate surface area is 150 Å². The highest BCUT2D eigenvalue weighted by Gasteiger charge is 2.49. The SMILES string of the molecule is CCCCc1cc(C[C@@H]2C[C@H](NC(=O)N3CCOCC3)C2(C)C)no1. The number of urea groups is 1. The van der Waals surface area contributed by atoms with Crippen LogP contribution in [0.15, 0.2) is 10.6 Å². The molecule has 3 rings (SSSR count). The summed E-state index contributed by atoms with van der Waals surface area (Å²) in [6.07, 6.45) is 5.19. The van der Waals surface area contributed by atoms with Crippen molar-refractivity contribution in [1.82, 2.24) is 15.4 Å². The summed E-state index contributed by atoms with van der Waals surface area (Å²) in [5, 5.41) is 7.44. The van der Waals surface area contributed by atoms with Gasteiger partial charge in [0.1, 0.15) is 5.76 Å². The molecule has 25 heavy (non-hydrogen) atoms. The third-order valence-electron chi connectivity index (χ3n) is 5.91. The Morgan fingerprint density at radius 2 is 2.16 bits per heavy atom. The molecule has 2 atom stereocenters. The third-order valence-corrected chi connectivity index (χ3v) is 5.91. The summed E-state index contributed by atoms with van der Waals surface area (Å²) in [4.78, 5) is 14.2. The first-order chi connectivity index (χ1) is 12.0. The zero-order chi connectivity index (χ0) is 17.9. The lowest BCUT2D eigenvalue weighted by Gasteiger charge is -2.52. The van der Waals surface area contributed by atoms with E-state index in [1.54, 1.807) is 0 Å². The summed E-state index contributed by atoms with van der Waals surface area (Å²) in [7, 11) is 0. The zero-order valence-corrected chi connectivity index (χ0v) is 15.7. The summed E-state index contributed by atoms with van der Waals surface area (Å²) in [6, 6.07) is 2.37. The maximum atomic E-state index is 12.4. The van der Waals surface area contributed by atoms with Crippen molar-refractivity contribution in [3.63, 3.8) is 0 Å². The van der Waals surface area contributed by atoms with E-state index in [1.807, 2.05) is 4.90 Å². The number of hydrogen-bond acceptors (Lipinski definition) is 4. The molecule has 0 aromatic carbocycles. The van der Waals surface area contributed by atoms with Gasteiger partial charge in [0, 0.05) is 31.6 Å². The van der Waals surface area contributed by atoms with Crippen molar-refractivity contribution in [3.05, 3.63) is 17.5 Å². The largest absolute Gasteiger partial charge is 0.378 e. The molecule has 140 valence electrons. The van der Waals surface area contributed by atoms with E-state index in [2.05, 4.69) is 37.3 Å². The molecule has 2 amide bonds. The number of carbonyl (C=O) groups is 1. The van der Waals surface area contributed by atoms with E-state index in [1.165, 1.54) is 0 Å². The quantitative estimate of drug-likeness (QED) is 0.857. The van der Waals surface area contributed by atoms with Gasteiger partial charge in [-0.25, -0.2) is 4.79 Å². The van der Waals surface area contributed by atoms with Crippen LogP contribution in [-0.2, 0) is 17.6 Å². The summed E-state index contributed by atoms with van der Waals surface area (Å²) in [5.41, 5.74) is 1.12. The second kappa shape index (κ2) is 7.77. The lowest BCUT2D eigenvalue weighted by atomic mass is 9.57. The Morgan fingerprint density at radius 3 is 2.84 bits per heavy atom. The molecule has 0 spiro atoms. The van der Waals surface area contributed by atoms with Crippen molar-refractivity contribution in [2.75, 3.05) is 26.3 Å². The number of aryl methyl sites for hydroxylation is 1. The minimum Gasteiger partial charge on any atom is -0.378 e. The topological polar surface area (TPSA) is 67.6 Å². The molecule has 2 aliphatic rings. The average molecular weight is 349 g/mol. The average Bonchev–Trinajstić information content (AvgIpc) is 3.07. The van der Waals surface area contributed by atoms with Gasteiger partial charge in [-0.2, -0.15) is 0 Å². The van der Waals surface area contributed by atoms with Crippen LogP contribution in [-0.4, -0.2) is 48.4 Å². The molecule has 6 nitrogen and oxygen atoms in total. The van der Waals surface area contributed by atoms with Crippen LogP contribution in [0.4, 0.5) is 4.79 Å². The number of morpholine rings is 1. The van der Waals surface area contributed by atoms with Gasteiger partial charge in [0.15, 0.2) is 0 Å². The van der Waals surface area contributed by atoms with Crippen molar-refractivity contribution in [3.8, 4) is 0 Å². The van der Waals surface area contributed by atoms with Gasteiger partial charge in [0.25, 0.3) is 0 Å². The van der Waals surface area contributed by atoms with E-state index in [-0.39, 0.29) is 17.5 Å². The van der Waals surface area contributed by atoms with Crippen LogP contribution in [0.1, 0.15) is 51.5 Å². The summed E-state index contributed by atoms with van der Waals surface area (Å²) in [5.74, 6) is 1.51. The van der Waals surface area contributed by atoms with Gasteiger partial charge in [-0.3, -0.25) is 0 Å². The zero-order valence-electron chi connectivity index (χ0n) is 15.7. The Kier molecular flexibility index (Phi) is 5.67. The van der Waals surface area contributed by atoms with Gasteiger partial charge in [-0.15, -0.1) is 0 Å². The van der Waals surface area contributed by atoms with Crippen LogP contribution in [0.2, 0.25) is 0 Å². The molecule has 2 fully saturated rings. The first-order valence-corrected chi connectivity index (χ1v) is 9.58. The number of ether oxygens (including phenoxy) is 1. The Hall–Kier alpha value is -1.56. The van der Waals surface area contributed by atoms with Crippen LogP contribution in [0, 0.1) is 11.3 Å². The van der Waals surface area contributed by atoms with Crippen LogP contribution in [0.25, 0.3) is 0 Å². The maximum Gasteiger partial charge on any atom is 0.317 e. The standard InChI is InChI=1S/C19H31N3O3/c1-4-5-6-16-13-15(21-25-16)11-14-12-17(19(14,2)3)20-18(23)22-7-9-24-10-8-22/h13-14,17H,4-12H2,1-3H3,(H,20,23)/t14-,17+/m1/s1. The number of carbonyl (C=O) groups excluding carboxylic acids is 1. The van der Waals surface area contributed by atoms with Crippen LogP contribution in [0.3, 0.4) is 0 Å². The second-order valence-electron chi connectivity index (χ2n) is 7.95. The van der Waals surface area contributed by atoms with Crippen molar-refractivity contribution in [2.45, 2.75) is 58.9 Å². The van der Waals surface area contributed by atoms with Crippen molar-refractivity contribution in [2.24, 2.45) is 11.3 Å². The highest BCUT2D eigenvalue weighted by atomic mass is 16.5. The molecule has 0 bridgehead atoms. The number of aromatic nitrogens is 1. The molecule has 1 aromatic rings. The Morgan fingerprint density at radius 1 is 1.40 bits per heavy atom. The first-order valence-electron chi connectivity index (χ1n) is 9.58. The summed E-state index contributed by atoms with van der Waals surface area (Å²) in [6.45, 7) is 9.30. The molecule has 1 saturated heterocycles. The molecule has 0 radical (unpaired) electrons. The highest BCUT2D eigenvalue weighted by molar-refractivity contribution is 5.74. The van der Waals surface area contributed by atoms with Crippen molar-refractivity contribution < 1.29 is 14.1 Å². The number of nitrogens with zero attached hydrogens (tertiary/aromatic N) is 2. The molecule has 1 N–H and O–H groups in total. The molecule has 1 aliphatic heterocycles. The van der Waals surface area contributed by atoms with Gasteiger partial charge in [-0.1, -0.05) is 32.3 Å². The van der Waals surface area contributed by atoms with E-state index in [4.69, 9.17) is 9.26 Å². The molecule has 2 heterocycles. The second-order valence-corrected chi connectivity index (χ2v) is 7.95. The molecule has 1 aliphatic carbocycles. The lowest BCUT2D eigenvalue weighted by Crippen LogP contribution is -2.61. The van der Waals surface area contributed by atoms with E-state index in [9.17, 15) is 4.79 Å². The van der Waals surface area contributed by atoms with Gasteiger partial charge < -0.3 is 19.5 Å². The molecule has 6 heteroatoms. The predicted molar refractivity (Wildman–Crippen MR) is 95.4 cm³/mol. The smallest absolute Gasteiger partial charge is 0.317 e. The number of unbranched alkanes of at least 4 members (excludes halogenated alkanes) is 1. The van der Waals surface area contributed by atoms with E-state index < -0.39 is 0 Å². The predicted octanol–water partition coefficient (Wildman–Crippen LogP) is 3.02. The molecule has 1 saturated carbocycles. The summed E-state index contributed by atoms with van der Waals surface area (Å²) < 4.78 is 10.7. The van der Waals surface area contributed by atoms with Crippen LogP contribution < -0.4 is 5.32 Å². The minimum atomic E-state index is 0.0445. The van der Waals surface area contributed by atoms with Gasteiger partial charge in [0.05, 0.1) is 18.9 Å². The van der Waals surface area contributed by atoms with E-state index in [0.29, 0.717) is 32.2 Å². The highest BCUT2D eigenvalue weighted by Crippen LogP contribution is 2.47. The normalized spacial score (nSPS) is 25.5.